The third kappa shape index (κ3) is 2.67. The minimum atomic E-state index is -0.586. The van der Waals surface area contributed by atoms with E-state index in [9.17, 15) is 14.9 Å². The molecule has 24 heavy (non-hydrogen) atoms. The van der Waals surface area contributed by atoms with Gasteiger partial charge >= 0.3 is 11.6 Å². The van der Waals surface area contributed by atoms with E-state index in [4.69, 9.17) is 13.9 Å². The SMILES string of the molecule is COc1cc2oc(=O)cc(Cn3ccnc3[N+](=O)[O-])c2cc1OC. The standard InChI is InChI=1S/C15H13N3O6/c1-22-12-6-10-9(8-17-4-3-16-15(17)18(20)21)5-14(19)24-11(10)7-13(12)23-2/h3-7H,8H2,1-2H3. The molecule has 0 radical (unpaired) electrons. The molecular weight excluding hydrogens is 318 g/mol. The lowest BCUT2D eigenvalue weighted by Gasteiger charge is -2.10. The maximum Gasteiger partial charge on any atom is 0.434 e. The predicted molar refractivity (Wildman–Crippen MR) is 83.6 cm³/mol. The molecule has 9 heteroatoms. The zero-order valence-electron chi connectivity index (χ0n) is 12.9. The first-order chi connectivity index (χ1) is 11.5. The van der Waals surface area contributed by atoms with Gasteiger partial charge in [-0.1, -0.05) is 4.98 Å². The van der Waals surface area contributed by atoms with Crippen molar-refractivity contribution in [3.63, 3.8) is 0 Å². The van der Waals surface area contributed by atoms with Crippen molar-refractivity contribution in [2.75, 3.05) is 14.2 Å². The van der Waals surface area contributed by atoms with Crippen LogP contribution >= 0.6 is 0 Å². The van der Waals surface area contributed by atoms with Crippen LogP contribution in [0.15, 0.2) is 39.8 Å². The molecule has 124 valence electrons. The summed E-state index contributed by atoms with van der Waals surface area (Å²) in [6.07, 6.45) is 2.80. The van der Waals surface area contributed by atoms with Crippen molar-refractivity contribution in [1.29, 1.82) is 0 Å². The van der Waals surface area contributed by atoms with E-state index in [1.165, 1.54) is 37.2 Å². The Morgan fingerprint density at radius 3 is 2.62 bits per heavy atom. The molecule has 0 fully saturated rings. The van der Waals surface area contributed by atoms with E-state index < -0.39 is 10.5 Å². The van der Waals surface area contributed by atoms with Crippen LogP contribution in [0.2, 0.25) is 0 Å². The van der Waals surface area contributed by atoms with E-state index in [1.54, 1.807) is 12.1 Å². The number of benzene rings is 1. The molecule has 0 bridgehead atoms. The molecule has 0 spiro atoms. The van der Waals surface area contributed by atoms with Crippen molar-refractivity contribution in [3.8, 4) is 11.5 Å². The zero-order chi connectivity index (χ0) is 17.3. The summed E-state index contributed by atoms with van der Waals surface area (Å²) in [7, 11) is 2.96. The van der Waals surface area contributed by atoms with Gasteiger partial charge in [-0.2, -0.15) is 0 Å². The highest BCUT2D eigenvalue weighted by atomic mass is 16.6. The van der Waals surface area contributed by atoms with E-state index in [-0.39, 0.29) is 12.5 Å². The Kier molecular flexibility index (Phi) is 3.90. The number of rotatable bonds is 5. The Bertz CT molecular complexity index is 975. The molecule has 2 heterocycles. The smallest absolute Gasteiger partial charge is 0.434 e. The van der Waals surface area contributed by atoms with Gasteiger partial charge in [0, 0.05) is 23.1 Å². The van der Waals surface area contributed by atoms with Gasteiger partial charge in [0.05, 0.1) is 20.8 Å². The van der Waals surface area contributed by atoms with Crippen molar-refractivity contribution in [2.45, 2.75) is 6.54 Å². The summed E-state index contributed by atoms with van der Waals surface area (Å²) in [5, 5.41) is 11.6. The lowest BCUT2D eigenvalue weighted by Crippen LogP contribution is -2.08. The average Bonchev–Trinajstić information content (AvgIpc) is 3.02. The lowest BCUT2D eigenvalue weighted by molar-refractivity contribution is -0.396. The van der Waals surface area contributed by atoms with Crippen LogP contribution in [0.1, 0.15) is 5.56 Å². The Morgan fingerprint density at radius 1 is 1.25 bits per heavy atom. The molecule has 2 aromatic heterocycles. The Hall–Kier alpha value is -3.36. The largest absolute Gasteiger partial charge is 0.493 e. The molecule has 0 atom stereocenters. The molecule has 0 aliphatic heterocycles. The molecule has 0 amide bonds. The molecule has 9 nitrogen and oxygen atoms in total. The highest BCUT2D eigenvalue weighted by molar-refractivity contribution is 5.84. The zero-order valence-corrected chi connectivity index (χ0v) is 12.9. The van der Waals surface area contributed by atoms with Gasteiger partial charge in [-0.05, 0) is 11.0 Å². The monoisotopic (exact) mass is 331 g/mol. The lowest BCUT2D eigenvalue weighted by atomic mass is 10.1. The van der Waals surface area contributed by atoms with E-state index in [2.05, 4.69) is 4.98 Å². The van der Waals surface area contributed by atoms with E-state index in [0.29, 0.717) is 28.0 Å². The third-order valence-corrected chi connectivity index (χ3v) is 3.53. The number of nitro groups is 1. The summed E-state index contributed by atoms with van der Waals surface area (Å²) < 4.78 is 17.0. The molecule has 0 saturated heterocycles. The van der Waals surface area contributed by atoms with E-state index in [0.717, 1.165) is 0 Å². The molecular formula is C15H13N3O6. The minimum Gasteiger partial charge on any atom is -0.493 e. The van der Waals surface area contributed by atoms with Crippen LogP contribution in [0.3, 0.4) is 0 Å². The molecule has 3 rings (SSSR count). The maximum atomic E-state index is 11.8. The Balaban J connectivity index is 2.18. The second kappa shape index (κ2) is 6.03. The molecule has 0 aliphatic rings. The number of hydrogen-bond acceptors (Lipinski definition) is 7. The first-order valence-electron chi connectivity index (χ1n) is 6.87. The number of aromatic nitrogens is 2. The topological polar surface area (TPSA) is 110 Å². The molecule has 0 unspecified atom stereocenters. The van der Waals surface area contributed by atoms with Crippen molar-refractivity contribution in [1.82, 2.24) is 9.55 Å². The maximum absolute atomic E-state index is 11.8. The van der Waals surface area contributed by atoms with Crippen molar-refractivity contribution < 1.29 is 18.8 Å². The van der Waals surface area contributed by atoms with Gasteiger partial charge in [-0.3, -0.25) is 0 Å². The fourth-order valence-corrected chi connectivity index (χ4v) is 2.46. The number of methoxy groups -OCH3 is 2. The van der Waals surface area contributed by atoms with Crippen LogP contribution in [0, 0.1) is 10.1 Å². The molecule has 1 aromatic carbocycles. The van der Waals surface area contributed by atoms with Gasteiger partial charge in [-0.25, -0.2) is 9.36 Å². The van der Waals surface area contributed by atoms with Gasteiger partial charge in [0.2, 0.25) is 0 Å². The fourth-order valence-electron chi connectivity index (χ4n) is 2.46. The van der Waals surface area contributed by atoms with Gasteiger partial charge < -0.3 is 24.0 Å². The van der Waals surface area contributed by atoms with Gasteiger partial charge in [0.15, 0.2) is 11.5 Å². The van der Waals surface area contributed by atoms with Crippen molar-refractivity contribution in [3.05, 3.63) is 56.7 Å². The quantitative estimate of drug-likeness (QED) is 0.399. The number of hydrogen-bond donors (Lipinski definition) is 0. The highest BCUT2D eigenvalue weighted by Crippen LogP contribution is 2.33. The van der Waals surface area contributed by atoms with Crippen LogP contribution in [0.5, 0.6) is 11.5 Å². The number of imidazole rings is 1. The molecule has 0 N–H and O–H groups in total. The van der Waals surface area contributed by atoms with E-state index in [1.807, 2.05) is 0 Å². The van der Waals surface area contributed by atoms with Crippen LogP contribution < -0.4 is 15.1 Å². The number of ether oxygens (including phenoxy) is 2. The molecule has 0 saturated carbocycles. The summed E-state index contributed by atoms with van der Waals surface area (Å²) >= 11 is 0. The van der Waals surface area contributed by atoms with Gasteiger partial charge in [0.1, 0.15) is 18.0 Å². The summed E-state index contributed by atoms with van der Waals surface area (Å²) in [6.45, 7) is 0.0912. The Labute approximate surface area is 135 Å². The van der Waals surface area contributed by atoms with Gasteiger partial charge in [0.25, 0.3) is 0 Å². The van der Waals surface area contributed by atoms with Crippen LogP contribution in [0.25, 0.3) is 11.0 Å². The second-order valence-electron chi connectivity index (χ2n) is 4.91. The average molecular weight is 331 g/mol. The first kappa shape index (κ1) is 15.5. The molecule has 3 aromatic rings. The first-order valence-corrected chi connectivity index (χ1v) is 6.87. The van der Waals surface area contributed by atoms with Gasteiger partial charge in [-0.15, -0.1) is 0 Å². The summed E-state index contributed by atoms with van der Waals surface area (Å²) in [5.41, 5.74) is 0.286. The minimum absolute atomic E-state index is 0.0912. The molecule has 0 aliphatic carbocycles. The predicted octanol–water partition coefficient (Wildman–Crippen LogP) is 1.96. The number of nitrogens with zero attached hydrogens (tertiary/aromatic N) is 3. The summed E-state index contributed by atoms with van der Waals surface area (Å²) in [6, 6.07) is 4.49. The normalized spacial score (nSPS) is 10.8. The highest BCUT2D eigenvalue weighted by Gasteiger charge is 2.18. The summed E-state index contributed by atoms with van der Waals surface area (Å²) in [5.74, 6) is 0.566. The fraction of sp³-hybridized carbons (Fsp3) is 0.200. The van der Waals surface area contributed by atoms with Crippen LogP contribution in [-0.4, -0.2) is 28.7 Å². The van der Waals surface area contributed by atoms with Crippen molar-refractivity contribution in [2.24, 2.45) is 0 Å². The second-order valence-corrected chi connectivity index (χ2v) is 4.91. The van der Waals surface area contributed by atoms with Crippen molar-refractivity contribution >= 4 is 16.9 Å². The number of fused-ring (bicyclic) bond motifs is 1. The Morgan fingerprint density at radius 2 is 1.96 bits per heavy atom. The third-order valence-electron chi connectivity index (χ3n) is 3.53. The summed E-state index contributed by atoms with van der Waals surface area (Å²) in [4.78, 5) is 25.9. The van der Waals surface area contributed by atoms with Crippen LogP contribution in [0.4, 0.5) is 5.95 Å². The van der Waals surface area contributed by atoms with Crippen LogP contribution in [-0.2, 0) is 6.54 Å². The van der Waals surface area contributed by atoms with E-state index >= 15 is 0 Å².